The van der Waals surface area contributed by atoms with Crippen LogP contribution in [0.25, 0.3) is 11.1 Å². The largest absolute Gasteiger partial charge is 0.496 e. The molecule has 0 spiro atoms. The normalized spacial score (nSPS) is 13.7. The van der Waals surface area contributed by atoms with E-state index in [9.17, 15) is 13.2 Å². The smallest absolute Gasteiger partial charge is 0.416 e. The van der Waals surface area contributed by atoms with Gasteiger partial charge in [0.05, 0.1) is 12.7 Å². The molecule has 3 aromatic carbocycles. The van der Waals surface area contributed by atoms with Crippen molar-refractivity contribution in [1.82, 2.24) is 5.32 Å². The van der Waals surface area contributed by atoms with Gasteiger partial charge in [0, 0.05) is 23.2 Å². The molecule has 3 aromatic rings. The molecule has 0 aliphatic rings. The third kappa shape index (κ3) is 4.80. The van der Waals surface area contributed by atoms with Gasteiger partial charge in [0.1, 0.15) is 5.75 Å². The molecule has 0 aromatic heterocycles. The summed E-state index contributed by atoms with van der Waals surface area (Å²) in [7, 11) is 1.58. The number of methoxy groups -OCH3 is 1. The lowest BCUT2D eigenvalue weighted by Gasteiger charge is -2.24. The van der Waals surface area contributed by atoms with Crippen LogP contribution in [0.1, 0.15) is 42.6 Å². The standard InChI is InChI=1S/C24H24F3NO/c1-16(18-8-5-4-6-9-18)28-17(2)21-10-7-11-22(23(21)29-3)19-12-14-20(15-13-19)24(25,26)27/h4-17,28H,1-3H3/t16-,17?/m1/s1. The molecule has 29 heavy (non-hydrogen) atoms. The molecule has 0 aliphatic heterocycles. The number of ether oxygens (including phenoxy) is 1. The highest BCUT2D eigenvalue weighted by Crippen LogP contribution is 2.38. The minimum Gasteiger partial charge on any atom is -0.496 e. The van der Waals surface area contributed by atoms with Crippen LogP contribution in [0.15, 0.2) is 72.8 Å². The van der Waals surface area contributed by atoms with Gasteiger partial charge in [-0.2, -0.15) is 13.2 Å². The fourth-order valence-electron chi connectivity index (χ4n) is 3.49. The molecule has 0 radical (unpaired) electrons. The summed E-state index contributed by atoms with van der Waals surface area (Å²) in [6, 6.07) is 21.1. The minimum atomic E-state index is -4.35. The van der Waals surface area contributed by atoms with Gasteiger partial charge < -0.3 is 10.1 Å². The Morgan fingerprint density at radius 2 is 1.45 bits per heavy atom. The van der Waals surface area contributed by atoms with E-state index in [-0.39, 0.29) is 12.1 Å². The molecular weight excluding hydrogens is 375 g/mol. The van der Waals surface area contributed by atoms with Crippen molar-refractivity contribution in [2.24, 2.45) is 0 Å². The molecule has 0 saturated carbocycles. The van der Waals surface area contributed by atoms with Crippen molar-refractivity contribution in [3.05, 3.63) is 89.5 Å². The Kier molecular flexibility index (Phi) is 6.28. The van der Waals surface area contributed by atoms with Crippen LogP contribution in [0.4, 0.5) is 13.2 Å². The number of nitrogens with one attached hydrogen (secondary N) is 1. The monoisotopic (exact) mass is 399 g/mol. The fraction of sp³-hybridized carbons (Fsp3) is 0.250. The van der Waals surface area contributed by atoms with Crippen molar-refractivity contribution < 1.29 is 17.9 Å². The summed E-state index contributed by atoms with van der Waals surface area (Å²) in [6.07, 6.45) is -4.35. The Morgan fingerprint density at radius 1 is 0.793 bits per heavy atom. The molecule has 2 atom stereocenters. The SMILES string of the molecule is COc1c(-c2ccc(C(F)(F)F)cc2)cccc1C(C)N[C@H](C)c1ccccc1. The second kappa shape index (κ2) is 8.70. The maximum atomic E-state index is 12.9. The van der Waals surface area contributed by atoms with Crippen LogP contribution in [0, 0.1) is 0 Å². The van der Waals surface area contributed by atoms with E-state index in [1.54, 1.807) is 7.11 Å². The molecule has 152 valence electrons. The quantitative estimate of drug-likeness (QED) is 0.493. The van der Waals surface area contributed by atoms with E-state index in [1.807, 2.05) is 43.3 Å². The maximum absolute atomic E-state index is 12.9. The van der Waals surface area contributed by atoms with Gasteiger partial charge in [-0.15, -0.1) is 0 Å². The number of benzene rings is 3. The average molecular weight is 399 g/mol. The second-order valence-electron chi connectivity index (χ2n) is 7.02. The average Bonchev–Trinajstić information content (AvgIpc) is 2.73. The van der Waals surface area contributed by atoms with Crippen LogP contribution in [-0.4, -0.2) is 7.11 Å². The van der Waals surface area contributed by atoms with E-state index in [1.165, 1.54) is 17.7 Å². The Morgan fingerprint density at radius 3 is 2.03 bits per heavy atom. The first-order valence-electron chi connectivity index (χ1n) is 9.46. The zero-order valence-corrected chi connectivity index (χ0v) is 16.6. The first kappa shape index (κ1) is 20.9. The van der Waals surface area contributed by atoms with Gasteiger partial charge in [-0.05, 0) is 37.1 Å². The summed E-state index contributed by atoms with van der Waals surface area (Å²) < 4.78 is 44.3. The number of halogens is 3. The predicted molar refractivity (Wildman–Crippen MR) is 110 cm³/mol. The zero-order chi connectivity index (χ0) is 21.0. The van der Waals surface area contributed by atoms with Gasteiger partial charge in [0.2, 0.25) is 0 Å². The summed E-state index contributed by atoms with van der Waals surface area (Å²) >= 11 is 0. The van der Waals surface area contributed by atoms with E-state index in [2.05, 4.69) is 24.4 Å². The molecule has 0 bridgehead atoms. The van der Waals surface area contributed by atoms with Gasteiger partial charge in [-0.3, -0.25) is 0 Å². The highest BCUT2D eigenvalue weighted by Gasteiger charge is 2.30. The Balaban J connectivity index is 1.89. The lowest BCUT2D eigenvalue weighted by Crippen LogP contribution is -2.23. The van der Waals surface area contributed by atoms with E-state index >= 15 is 0 Å². The van der Waals surface area contributed by atoms with Crippen LogP contribution in [0.3, 0.4) is 0 Å². The maximum Gasteiger partial charge on any atom is 0.416 e. The van der Waals surface area contributed by atoms with Gasteiger partial charge >= 0.3 is 6.18 Å². The van der Waals surface area contributed by atoms with Gasteiger partial charge in [-0.1, -0.05) is 60.7 Å². The third-order valence-corrected chi connectivity index (χ3v) is 5.04. The van der Waals surface area contributed by atoms with Crippen LogP contribution < -0.4 is 10.1 Å². The highest BCUT2D eigenvalue weighted by molar-refractivity contribution is 5.72. The Hall–Kier alpha value is -2.79. The number of alkyl halides is 3. The molecule has 0 aliphatic carbocycles. The molecule has 0 heterocycles. The Labute approximate surface area is 169 Å². The van der Waals surface area contributed by atoms with Gasteiger partial charge in [0.15, 0.2) is 0 Å². The highest BCUT2D eigenvalue weighted by atomic mass is 19.4. The molecule has 2 nitrogen and oxygen atoms in total. The number of hydrogen-bond donors (Lipinski definition) is 1. The topological polar surface area (TPSA) is 21.3 Å². The molecule has 1 N–H and O–H groups in total. The Bertz CT molecular complexity index is 937. The molecule has 0 fully saturated rings. The van der Waals surface area contributed by atoms with Gasteiger partial charge in [-0.25, -0.2) is 0 Å². The van der Waals surface area contributed by atoms with Crippen LogP contribution in [-0.2, 0) is 6.18 Å². The first-order valence-corrected chi connectivity index (χ1v) is 9.46. The molecule has 3 rings (SSSR count). The lowest BCUT2D eigenvalue weighted by atomic mass is 9.96. The van der Waals surface area contributed by atoms with Crippen molar-refractivity contribution >= 4 is 0 Å². The van der Waals surface area contributed by atoms with Gasteiger partial charge in [0.25, 0.3) is 0 Å². The van der Waals surface area contributed by atoms with E-state index in [4.69, 9.17) is 4.74 Å². The van der Waals surface area contributed by atoms with Crippen molar-refractivity contribution in [3.63, 3.8) is 0 Å². The van der Waals surface area contributed by atoms with E-state index in [0.717, 1.165) is 23.3 Å². The van der Waals surface area contributed by atoms with Crippen LogP contribution >= 0.6 is 0 Å². The molecule has 1 unspecified atom stereocenters. The van der Waals surface area contributed by atoms with Crippen LogP contribution in [0.2, 0.25) is 0 Å². The summed E-state index contributed by atoms with van der Waals surface area (Å²) in [5, 5.41) is 3.57. The summed E-state index contributed by atoms with van der Waals surface area (Å²) in [5.74, 6) is 0.660. The van der Waals surface area contributed by atoms with Crippen molar-refractivity contribution in [3.8, 4) is 16.9 Å². The predicted octanol–water partition coefficient (Wildman–Crippen LogP) is 6.79. The van der Waals surface area contributed by atoms with E-state index in [0.29, 0.717) is 11.3 Å². The van der Waals surface area contributed by atoms with Crippen molar-refractivity contribution in [1.29, 1.82) is 0 Å². The van der Waals surface area contributed by atoms with Crippen molar-refractivity contribution in [2.75, 3.05) is 7.11 Å². The fourth-order valence-corrected chi connectivity index (χ4v) is 3.49. The van der Waals surface area contributed by atoms with E-state index < -0.39 is 11.7 Å². The molecule has 0 saturated heterocycles. The lowest BCUT2D eigenvalue weighted by molar-refractivity contribution is -0.137. The summed E-state index contributed by atoms with van der Waals surface area (Å²) in [4.78, 5) is 0. The number of para-hydroxylation sites is 1. The number of hydrogen-bond acceptors (Lipinski definition) is 2. The minimum absolute atomic E-state index is 0.0189. The zero-order valence-electron chi connectivity index (χ0n) is 16.6. The molecular formula is C24H24F3NO. The second-order valence-corrected chi connectivity index (χ2v) is 7.02. The third-order valence-electron chi connectivity index (χ3n) is 5.04. The summed E-state index contributed by atoms with van der Waals surface area (Å²) in [5.41, 5.74) is 2.91. The number of rotatable bonds is 6. The molecule has 0 amide bonds. The first-order chi connectivity index (χ1) is 13.8. The van der Waals surface area contributed by atoms with Crippen molar-refractivity contribution in [2.45, 2.75) is 32.1 Å². The summed E-state index contributed by atoms with van der Waals surface area (Å²) in [6.45, 7) is 4.14. The molecule has 5 heteroatoms. The van der Waals surface area contributed by atoms with Crippen LogP contribution in [0.5, 0.6) is 5.75 Å².